The summed E-state index contributed by atoms with van der Waals surface area (Å²) in [6, 6.07) is 4.76. The predicted molar refractivity (Wildman–Crippen MR) is 108 cm³/mol. The molecule has 2 aromatic heterocycles. The Morgan fingerprint density at radius 3 is 2.62 bits per heavy atom. The molecule has 0 aliphatic carbocycles. The molecule has 0 saturated carbocycles. The Hall–Kier alpha value is -4.16. The van der Waals surface area contributed by atoms with E-state index in [4.69, 9.17) is 14.4 Å². The molecule has 4 rings (SSSR count). The molecule has 0 saturated heterocycles. The summed E-state index contributed by atoms with van der Waals surface area (Å²) < 4.78 is 65.9. The van der Waals surface area contributed by atoms with Crippen LogP contribution >= 0.6 is 0 Å². The number of halogens is 4. The molecule has 3 N–H and O–H groups in total. The summed E-state index contributed by atoms with van der Waals surface area (Å²) in [5, 5.41) is 23.8. The molecule has 1 amide bonds. The molecular formula is C21H16F4N4O5. The van der Waals surface area contributed by atoms with Gasteiger partial charge in [0.25, 0.3) is 6.02 Å². The van der Waals surface area contributed by atoms with Crippen molar-refractivity contribution < 1.29 is 41.8 Å². The van der Waals surface area contributed by atoms with Crippen LogP contribution in [-0.2, 0) is 10.3 Å². The molecule has 3 heterocycles. The quantitative estimate of drug-likeness (QED) is 0.473. The van der Waals surface area contributed by atoms with E-state index in [1.165, 1.54) is 43.5 Å². The van der Waals surface area contributed by atoms with Gasteiger partial charge in [-0.15, -0.1) is 0 Å². The van der Waals surface area contributed by atoms with Gasteiger partial charge < -0.3 is 19.5 Å². The summed E-state index contributed by atoms with van der Waals surface area (Å²) in [6.07, 6.45) is -6.08. The minimum atomic E-state index is -4.82. The topological polar surface area (TPSA) is 130 Å². The molecule has 1 aliphatic rings. The standard InChI is InChI=1S/C21H16F4N4O5/c1-20(8-17(21(23,24)25)27-18(33-20)28-19(31)32)12-6-10(2-4-13(12)22)16-7-15(29-34-16)14-5-3-11(30)9-26-14/h2-7,9,17,30H,8H2,1H3,(H,27,28)(H,31,32)/t17-,20-/m0/s1. The van der Waals surface area contributed by atoms with Gasteiger partial charge in [-0.05, 0) is 37.3 Å². The number of aliphatic imine (C=N–C) groups is 1. The molecular weight excluding hydrogens is 464 g/mol. The Morgan fingerprint density at radius 1 is 1.21 bits per heavy atom. The fourth-order valence-corrected chi connectivity index (χ4v) is 3.49. The van der Waals surface area contributed by atoms with Gasteiger partial charge in [0.15, 0.2) is 11.8 Å². The van der Waals surface area contributed by atoms with Crippen LogP contribution in [0.25, 0.3) is 22.7 Å². The Kier molecular flexibility index (Phi) is 5.63. The van der Waals surface area contributed by atoms with E-state index in [0.717, 1.165) is 6.07 Å². The minimum Gasteiger partial charge on any atom is -0.506 e. The number of nitrogens with one attached hydrogen (secondary N) is 1. The fourth-order valence-electron chi connectivity index (χ4n) is 3.49. The molecule has 1 aromatic carbocycles. The highest BCUT2D eigenvalue weighted by Crippen LogP contribution is 2.42. The Labute approximate surface area is 188 Å². The van der Waals surface area contributed by atoms with Crippen LogP contribution in [0, 0.1) is 5.82 Å². The molecule has 0 spiro atoms. The second-order valence-corrected chi connectivity index (χ2v) is 7.63. The lowest BCUT2D eigenvalue weighted by Gasteiger charge is -2.38. The number of amidine groups is 1. The van der Waals surface area contributed by atoms with Crippen molar-refractivity contribution in [3.63, 3.8) is 0 Å². The summed E-state index contributed by atoms with van der Waals surface area (Å²) in [4.78, 5) is 18.2. The van der Waals surface area contributed by atoms with Crippen molar-refractivity contribution in [1.82, 2.24) is 15.5 Å². The summed E-state index contributed by atoms with van der Waals surface area (Å²) in [5.41, 5.74) is -1.22. The highest BCUT2D eigenvalue weighted by molar-refractivity contribution is 5.90. The van der Waals surface area contributed by atoms with Gasteiger partial charge in [-0.3, -0.25) is 4.98 Å². The van der Waals surface area contributed by atoms with Crippen LogP contribution in [0.15, 0.2) is 52.1 Å². The van der Waals surface area contributed by atoms with Crippen LogP contribution in [0.1, 0.15) is 18.9 Å². The highest BCUT2D eigenvalue weighted by atomic mass is 19.4. The minimum absolute atomic E-state index is 0.0474. The zero-order valence-electron chi connectivity index (χ0n) is 17.3. The number of aromatic hydroxyl groups is 1. The molecule has 0 bridgehead atoms. The van der Waals surface area contributed by atoms with Gasteiger partial charge in [-0.25, -0.2) is 19.5 Å². The Balaban J connectivity index is 1.71. The zero-order valence-corrected chi connectivity index (χ0v) is 17.3. The molecule has 34 heavy (non-hydrogen) atoms. The van der Waals surface area contributed by atoms with Crippen LogP contribution in [0.2, 0.25) is 0 Å². The second kappa shape index (κ2) is 8.32. The van der Waals surface area contributed by atoms with E-state index >= 15 is 0 Å². The van der Waals surface area contributed by atoms with Gasteiger partial charge in [-0.2, -0.15) is 13.2 Å². The van der Waals surface area contributed by atoms with Crippen LogP contribution < -0.4 is 5.32 Å². The van der Waals surface area contributed by atoms with Crippen molar-refractivity contribution in [1.29, 1.82) is 0 Å². The first kappa shape index (κ1) is 23.0. The van der Waals surface area contributed by atoms with E-state index in [1.807, 2.05) is 0 Å². The molecule has 0 radical (unpaired) electrons. The van der Waals surface area contributed by atoms with Crippen LogP contribution in [-0.4, -0.2) is 44.7 Å². The molecule has 9 nitrogen and oxygen atoms in total. The number of alkyl halides is 3. The van der Waals surface area contributed by atoms with Gasteiger partial charge in [0.05, 0.1) is 11.9 Å². The first-order valence-electron chi connectivity index (χ1n) is 9.70. The largest absolute Gasteiger partial charge is 0.506 e. The number of carbonyl (C=O) groups is 1. The second-order valence-electron chi connectivity index (χ2n) is 7.63. The molecule has 0 unspecified atom stereocenters. The van der Waals surface area contributed by atoms with Crippen molar-refractivity contribution in [2.75, 3.05) is 0 Å². The molecule has 3 aromatic rings. The Bertz CT molecular complexity index is 1260. The number of pyridine rings is 1. The van der Waals surface area contributed by atoms with Crippen LogP contribution in [0.3, 0.4) is 0 Å². The summed E-state index contributed by atoms with van der Waals surface area (Å²) in [6.45, 7) is 1.21. The number of benzene rings is 1. The SMILES string of the molecule is C[C@@]1(c2cc(-c3cc(-c4ccc(O)cn4)no3)ccc2F)C[C@@H](C(F)(F)F)N=C(NC(=O)O)O1. The maximum atomic E-state index is 14.8. The first-order valence-corrected chi connectivity index (χ1v) is 9.70. The van der Waals surface area contributed by atoms with E-state index < -0.39 is 42.2 Å². The number of hydrogen-bond donors (Lipinski definition) is 3. The maximum Gasteiger partial charge on any atom is 0.412 e. The predicted octanol–water partition coefficient (Wildman–Crippen LogP) is 4.44. The van der Waals surface area contributed by atoms with E-state index in [0.29, 0.717) is 11.4 Å². The molecule has 0 fully saturated rings. The lowest BCUT2D eigenvalue weighted by Crippen LogP contribution is -2.48. The summed E-state index contributed by atoms with van der Waals surface area (Å²) >= 11 is 0. The number of nitrogens with zero attached hydrogens (tertiary/aromatic N) is 3. The zero-order chi connectivity index (χ0) is 24.7. The van der Waals surface area contributed by atoms with Crippen molar-refractivity contribution in [3.8, 4) is 28.5 Å². The van der Waals surface area contributed by atoms with Crippen molar-refractivity contribution in [3.05, 3.63) is 54.0 Å². The highest BCUT2D eigenvalue weighted by Gasteiger charge is 2.50. The molecule has 178 valence electrons. The number of rotatable bonds is 3. The Morgan fingerprint density at radius 2 is 1.97 bits per heavy atom. The third kappa shape index (κ3) is 4.63. The van der Waals surface area contributed by atoms with Gasteiger partial charge >= 0.3 is 12.3 Å². The van der Waals surface area contributed by atoms with E-state index in [9.17, 15) is 27.5 Å². The van der Waals surface area contributed by atoms with Crippen LogP contribution in [0.5, 0.6) is 5.75 Å². The molecule has 13 heteroatoms. The third-order valence-electron chi connectivity index (χ3n) is 5.11. The average molecular weight is 480 g/mol. The van der Waals surface area contributed by atoms with Gasteiger partial charge in [0.2, 0.25) is 0 Å². The summed E-state index contributed by atoms with van der Waals surface area (Å²) in [5.74, 6) is -0.757. The third-order valence-corrected chi connectivity index (χ3v) is 5.11. The van der Waals surface area contributed by atoms with Gasteiger partial charge in [0, 0.05) is 23.6 Å². The number of carboxylic acid groups (broad SMARTS) is 1. The monoisotopic (exact) mass is 480 g/mol. The number of hydrogen-bond acceptors (Lipinski definition) is 7. The lowest BCUT2D eigenvalue weighted by atomic mass is 9.86. The smallest absolute Gasteiger partial charge is 0.412 e. The van der Waals surface area contributed by atoms with E-state index in [1.54, 1.807) is 5.32 Å². The molecule has 2 atom stereocenters. The van der Waals surface area contributed by atoms with Gasteiger partial charge in [0.1, 0.15) is 22.9 Å². The van der Waals surface area contributed by atoms with Crippen LogP contribution in [0.4, 0.5) is 22.4 Å². The van der Waals surface area contributed by atoms with E-state index in [2.05, 4.69) is 15.1 Å². The normalized spacial score (nSPS) is 20.4. The van der Waals surface area contributed by atoms with E-state index in [-0.39, 0.29) is 22.6 Å². The maximum absolute atomic E-state index is 14.8. The number of ether oxygens (including phenoxy) is 1. The molecule has 1 aliphatic heterocycles. The number of amides is 1. The summed E-state index contributed by atoms with van der Waals surface area (Å²) in [7, 11) is 0. The fraction of sp³-hybridized carbons (Fsp3) is 0.238. The lowest BCUT2D eigenvalue weighted by molar-refractivity contribution is -0.164. The van der Waals surface area contributed by atoms with Crippen molar-refractivity contribution in [2.45, 2.75) is 31.2 Å². The number of aromatic nitrogens is 2. The van der Waals surface area contributed by atoms with Crippen molar-refractivity contribution >= 4 is 12.1 Å². The van der Waals surface area contributed by atoms with Crippen molar-refractivity contribution in [2.24, 2.45) is 4.99 Å². The first-order chi connectivity index (χ1) is 15.9. The average Bonchev–Trinajstić information content (AvgIpc) is 3.23. The van der Waals surface area contributed by atoms with Gasteiger partial charge in [-0.1, -0.05) is 5.16 Å².